The first-order valence-corrected chi connectivity index (χ1v) is 12.3. The molecule has 0 unspecified atom stereocenters. The van der Waals surface area contributed by atoms with Gasteiger partial charge in [-0.3, -0.25) is 9.59 Å². The van der Waals surface area contributed by atoms with Gasteiger partial charge in [-0.15, -0.1) is 0 Å². The fraction of sp³-hybridized carbons (Fsp3) is 0.259. The van der Waals surface area contributed by atoms with Crippen LogP contribution in [0.1, 0.15) is 23.2 Å². The number of piperazine rings is 1. The van der Waals surface area contributed by atoms with Gasteiger partial charge in [0.1, 0.15) is 5.75 Å². The quantitative estimate of drug-likeness (QED) is 0.391. The number of nitrogens with one attached hydrogen (secondary N) is 1. The van der Waals surface area contributed by atoms with Crippen molar-refractivity contribution in [1.82, 2.24) is 4.90 Å². The summed E-state index contributed by atoms with van der Waals surface area (Å²) in [7, 11) is 0. The first-order chi connectivity index (χ1) is 17.0. The third-order valence-corrected chi connectivity index (χ3v) is 6.35. The molecule has 0 aromatic heterocycles. The molecule has 0 bridgehead atoms. The molecule has 1 fully saturated rings. The van der Waals surface area contributed by atoms with Crippen molar-refractivity contribution in [2.45, 2.75) is 12.8 Å². The van der Waals surface area contributed by atoms with E-state index in [4.69, 9.17) is 27.9 Å². The minimum atomic E-state index is -0.176. The number of anilines is 2. The van der Waals surface area contributed by atoms with E-state index in [-0.39, 0.29) is 18.2 Å². The number of carbonyl (C=O) groups excluding carboxylic acids is 2. The summed E-state index contributed by atoms with van der Waals surface area (Å²) in [5.41, 5.74) is 2.18. The van der Waals surface area contributed by atoms with Crippen LogP contribution >= 0.6 is 23.2 Å². The highest BCUT2D eigenvalue weighted by Gasteiger charge is 2.24. The summed E-state index contributed by atoms with van der Waals surface area (Å²) in [5, 5.41) is 3.85. The number of hydrogen-bond donors (Lipinski definition) is 1. The van der Waals surface area contributed by atoms with E-state index in [1.807, 2.05) is 35.2 Å². The van der Waals surface area contributed by atoms with Gasteiger partial charge < -0.3 is 19.9 Å². The second-order valence-corrected chi connectivity index (χ2v) is 9.08. The molecule has 1 saturated heterocycles. The van der Waals surface area contributed by atoms with Gasteiger partial charge in [0.05, 0.1) is 22.9 Å². The zero-order chi connectivity index (χ0) is 24.6. The minimum absolute atomic E-state index is 0.0747. The van der Waals surface area contributed by atoms with Crippen molar-refractivity contribution in [1.29, 1.82) is 0 Å². The molecule has 1 aliphatic heterocycles. The molecule has 0 aliphatic carbocycles. The van der Waals surface area contributed by atoms with Crippen LogP contribution in [0.5, 0.6) is 5.75 Å². The van der Waals surface area contributed by atoms with Gasteiger partial charge in [0.2, 0.25) is 5.91 Å². The molecule has 0 radical (unpaired) electrons. The van der Waals surface area contributed by atoms with Crippen molar-refractivity contribution in [2.75, 3.05) is 43.0 Å². The highest BCUT2D eigenvalue weighted by atomic mass is 35.5. The maximum Gasteiger partial charge on any atom is 0.256 e. The molecule has 35 heavy (non-hydrogen) atoms. The average molecular weight is 512 g/mol. The fourth-order valence-corrected chi connectivity index (χ4v) is 4.44. The van der Waals surface area contributed by atoms with Crippen LogP contribution < -0.4 is 15.0 Å². The van der Waals surface area contributed by atoms with E-state index in [1.165, 1.54) is 0 Å². The fourth-order valence-electron chi connectivity index (χ4n) is 3.98. The highest BCUT2D eigenvalue weighted by molar-refractivity contribution is 6.35. The van der Waals surface area contributed by atoms with Crippen molar-refractivity contribution in [2.24, 2.45) is 0 Å². The van der Waals surface area contributed by atoms with Crippen LogP contribution in [-0.4, -0.2) is 49.5 Å². The Balaban J connectivity index is 1.28. The van der Waals surface area contributed by atoms with E-state index in [0.29, 0.717) is 53.2 Å². The Labute approximate surface area is 215 Å². The van der Waals surface area contributed by atoms with Crippen LogP contribution in [0.25, 0.3) is 0 Å². The van der Waals surface area contributed by atoms with Crippen molar-refractivity contribution in [3.63, 3.8) is 0 Å². The van der Waals surface area contributed by atoms with Crippen LogP contribution in [0.2, 0.25) is 10.0 Å². The van der Waals surface area contributed by atoms with Crippen molar-refractivity contribution >= 4 is 46.4 Å². The van der Waals surface area contributed by atoms with Crippen LogP contribution in [0.3, 0.4) is 0 Å². The van der Waals surface area contributed by atoms with Gasteiger partial charge in [-0.2, -0.15) is 0 Å². The van der Waals surface area contributed by atoms with Crippen molar-refractivity contribution < 1.29 is 14.3 Å². The first-order valence-electron chi connectivity index (χ1n) is 11.6. The average Bonchev–Trinajstić information content (AvgIpc) is 2.88. The number of hydrogen-bond acceptors (Lipinski definition) is 4. The number of ether oxygens (including phenoxy) is 1. The van der Waals surface area contributed by atoms with E-state index in [1.54, 1.807) is 30.3 Å². The summed E-state index contributed by atoms with van der Waals surface area (Å²) in [6.07, 6.45) is 0.756. The lowest BCUT2D eigenvalue weighted by Gasteiger charge is -2.36. The number of carbonyl (C=O) groups is 2. The molecule has 1 N–H and O–H groups in total. The molecule has 1 heterocycles. The Morgan fingerprint density at radius 2 is 1.60 bits per heavy atom. The Morgan fingerprint density at radius 3 is 2.34 bits per heavy atom. The Hall–Kier alpha value is -3.22. The molecule has 6 nitrogen and oxygen atoms in total. The summed E-state index contributed by atoms with van der Waals surface area (Å²) < 4.78 is 5.64. The van der Waals surface area contributed by atoms with E-state index < -0.39 is 0 Å². The summed E-state index contributed by atoms with van der Waals surface area (Å²) in [4.78, 5) is 29.9. The Bertz CT molecular complexity index is 1170. The maximum atomic E-state index is 13.2. The predicted octanol–water partition coefficient (Wildman–Crippen LogP) is 5.75. The third-order valence-electron chi connectivity index (χ3n) is 5.82. The molecule has 4 rings (SSSR count). The molecule has 1 aliphatic rings. The second kappa shape index (κ2) is 12.0. The minimum Gasteiger partial charge on any atom is -0.492 e. The molecular formula is C27H27Cl2N3O3. The molecule has 3 aromatic rings. The van der Waals surface area contributed by atoms with Gasteiger partial charge in [-0.25, -0.2) is 0 Å². The molecule has 8 heteroatoms. The first kappa shape index (κ1) is 24.9. The lowest BCUT2D eigenvalue weighted by Crippen LogP contribution is -2.48. The number of halogens is 2. The van der Waals surface area contributed by atoms with Crippen LogP contribution in [-0.2, 0) is 4.79 Å². The predicted molar refractivity (Wildman–Crippen MR) is 141 cm³/mol. The van der Waals surface area contributed by atoms with Gasteiger partial charge in [0.25, 0.3) is 5.91 Å². The smallest absolute Gasteiger partial charge is 0.256 e. The zero-order valence-corrected chi connectivity index (χ0v) is 20.8. The lowest BCUT2D eigenvalue weighted by molar-refractivity contribution is -0.116. The maximum absolute atomic E-state index is 13.2. The van der Waals surface area contributed by atoms with Crippen molar-refractivity contribution in [3.8, 4) is 5.75 Å². The van der Waals surface area contributed by atoms with Gasteiger partial charge in [-0.1, -0.05) is 53.5 Å². The van der Waals surface area contributed by atoms with Gasteiger partial charge in [0.15, 0.2) is 0 Å². The Kier molecular flexibility index (Phi) is 8.50. The number of para-hydroxylation sites is 2. The zero-order valence-electron chi connectivity index (χ0n) is 19.3. The molecular weight excluding hydrogens is 485 g/mol. The van der Waals surface area contributed by atoms with Gasteiger partial charge in [-0.05, 0) is 48.9 Å². The molecule has 2 amide bonds. The van der Waals surface area contributed by atoms with Crippen molar-refractivity contribution in [3.05, 3.63) is 88.4 Å². The number of amides is 2. The number of rotatable bonds is 8. The molecule has 182 valence electrons. The van der Waals surface area contributed by atoms with E-state index in [9.17, 15) is 9.59 Å². The Morgan fingerprint density at radius 1 is 0.886 bits per heavy atom. The SMILES string of the molecule is O=C(CCCOc1ccc(Cl)cc1Cl)Nc1ccccc1C(=O)N1CCN(c2ccccc2)CC1. The summed E-state index contributed by atoms with van der Waals surface area (Å²) in [5.74, 6) is 0.277. The summed E-state index contributed by atoms with van der Waals surface area (Å²) in [6, 6.07) is 22.3. The van der Waals surface area contributed by atoms with Crippen LogP contribution in [0, 0.1) is 0 Å². The standard InChI is InChI=1S/C27H27Cl2N3O3/c28-20-12-13-25(23(29)19-20)35-18-6-11-26(33)30-24-10-5-4-9-22(24)27(34)32-16-14-31(15-17-32)21-7-2-1-3-8-21/h1-5,7-10,12-13,19H,6,11,14-18H2,(H,30,33). The topological polar surface area (TPSA) is 61.9 Å². The second-order valence-electron chi connectivity index (χ2n) is 8.24. The monoisotopic (exact) mass is 511 g/mol. The third kappa shape index (κ3) is 6.68. The largest absolute Gasteiger partial charge is 0.492 e. The summed E-state index contributed by atoms with van der Waals surface area (Å²) >= 11 is 12.0. The van der Waals surface area contributed by atoms with Crippen LogP contribution in [0.4, 0.5) is 11.4 Å². The normalized spacial score (nSPS) is 13.4. The van der Waals surface area contributed by atoms with E-state index >= 15 is 0 Å². The highest BCUT2D eigenvalue weighted by Crippen LogP contribution is 2.27. The molecule has 0 atom stereocenters. The molecule has 0 saturated carbocycles. The lowest BCUT2D eigenvalue weighted by atomic mass is 10.1. The van der Waals surface area contributed by atoms with Gasteiger partial charge >= 0.3 is 0 Å². The number of nitrogens with zero attached hydrogens (tertiary/aromatic N) is 2. The van der Waals surface area contributed by atoms with Crippen LogP contribution in [0.15, 0.2) is 72.8 Å². The molecule has 3 aromatic carbocycles. The van der Waals surface area contributed by atoms with E-state index in [0.717, 1.165) is 18.8 Å². The summed E-state index contributed by atoms with van der Waals surface area (Å²) in [6.45, 7) is 3.12. The van der Waals surface area contributed by atoms with Gasteiger partial charge in [0, 0.05) is 43.3 Å². The van der Waals surface area contributed by atoms with E-state index in [2.05, 4.69) is 22.3 Å². The number of benzene rings is 3. The molecule has 0 spiro atoms.